The topological polar surface area (TPSA) is 21.6 Å². The van der Waals surface area contributed by atoms with Crippen LogP contribution in [0.15, 0.2) is 29.4 Å². The van der Waals surface area contributed by atoms with Crippen LogP contribution in [0.5, 0.6) is 0 Å². The smallest absolute Gasteiger partial charge is 0.142 e. The van der Waals surface area contributed by atoms with Gasteiger partial charge < -0.3 is 4.84 Å². The van der Waals surface area contributed by atoms with E-state index in [0.717, 1.165) is 12.8 Å². The number of rotatable bonds is 3. The van der Waals surface area contributed by atoms with Crippen LogP contribution < -0.4 is 0 Å². The molecule has 3 heteroatoms. The Bertz CT molecular complexity index is 359. The summed E-state index contributed by atoms with van der Waals surface area (Å²) in [5.41, 5.74) is 0.346. The van der Waals surface area contributed by atoms with Crippen LogP contribution in [0.3, 0.4) is 0 Å². The molecule has 0 bridgehead atoms. The van der Waals surface area contributed by atoms with Gasteiger partial charge in [0.05, 0.1) is 0 Å². The Morgan fingerprint density at radius 1 is 1.19 bits per heavy atom. The van der Waals surface area contributed by atoms with Gasteiger partial charge in [-0.15, -0.1) is 0 Å². The molecular formula is C13H15FNO. The third-order valence-electron chi connectivity index (χ3n) is 2.79. The zero-order valence-corrected chi connectivity index (χ0v) is 9.16. The average molecular weight is 220 g/mol. The number of hydrogen-bond donors (Lipinski definition) is 0. The van der Waals surface area contributed by atoms with Crippen molar-refractivity contribution in [2.45, 2.75) is 38.2 Å². The molecule has 0 N–H and O–H groups in total. The van der Waals surface area contributed by atoms with Crippen LogP contribution in [0.1, 0.15) is 37.7 Å². The lowest BCUT2D eigenvalue weighted by Crippen LogP contribution is -2.13. The van der Waals surface area contributed by atoms with E-state index in [1.165, 1.54) is 25.3 Å². The van der Waals surface area contributed by atoms with E-state index < -0.39 is 0 Å². The van der Waals surface area contributed by atoms with E-state index in [1.54, 1.807) is 18.2 Å². The van der Waals surface area contributed by atoms with Crippen molar-refractivity contribution in [2.75, 3.05) is 0 Å². The third kappa shape index (κ3) is 3.05. The molecule has 16 heavy (non-hydrogen) atoms. The maximum absolute atomic E-state index is 13.2. The molecule has 0 aliphatic heterocycles. The molecule has 1 saturated carbocycles. The molecule has 2 rings (SSSR count). The molecule has 85 valence electrons. The maximum Gasteiger partial charge on any atom is 0.142 e. The van der Waals surface area contributed by atoms with Crippen molar-refractivity contribution in [1.29, 1.82) is 0 Å². The van der Waals surface area contributed by atoms with Gasteiger partial charge in [-0.05, 0) is 37.8 Å². The molecule has 0 atom stereocenters. The Morgan fingerprint density at radius 2 is 1.94 bits per heavy atom. The molecule has 1 aromatic rings. The molecular weight excluding hydrogens is 205 g/mol. The third-order valence-corrected chi connectivity index (χ3v) is 2.79. The van der Waals surface area contributed by atoms with Crippen molar-refractivity contribution in [3.05, 3.63) is 35.6 Å². The number of hydrogen-bond acceptors (Lipinski definition) is 2. The molecule has 0 amide bonds. The summed E-state index contributed by atoms with van der Waals surface area (Å²) in [6.45, 7) is 0. The van der Waals surface area contributed by atoms with Crippen molar-refractivity contribution < 1.29 is 9.23 Å². The minimum absolute atomic E-state index is 0.188. The highest BCUT2D eigenvalue weighted by Crippen LogP contribution is 2.20. The zero-order valence-electron chi connectivity index (χ0n) is 9.16. The van der Waals surface area contributed by atoms with Crippen LogP contribution >= 0.6 is 0 Å². The molecule has 1 aromatic carbocycles. The number of nitrogens with zero attached hydrogens (tertiary/aromatic N) is 1. The van der Waals surface area contributed by atoms with E-state index in [4.69, 9.17) is 4.84 Å². The first kappa shape index (κ1) is 11.1. The quantitative estimate of drug-likeness (QED) is 0.565. The highest BCUT2D eigenvalue weighted by atomic mass is 19.1. The largest absolute Gasteiger partial charge is 0.392 e. The van der Waals surface area contributed by atoms with E-state index in [0.29, 0.717) is 5.56 Å². The van der Waals surface area contributed by atoms with Crippen LogP contribution in [0.25, 0.3) is 0 Å². The van der Waals surface area contributed by atoms with Gasteiger partial charge >= 0.3 is 0 Å². The van der Waals surface area contributed by atoms with Gasteiger partial charge in [0.25, 0.3) is 0 Å². The van der Waals surface area contributed by atoms with Crippen LogP contribution in [0.4, 0.5) is 4.39 Å². The highest BCUT2D eigenvalue weighted by Gasteiger charge is 2.13. The first-order valence-corrected chi connectivity index (χ1v) is 5.72. The van der Waals surface area contributed by atoms with E-state index in [1.807, 2.05) is 0 Å². The first-order chi connectivity index (χ1) is 7.86. The Morgan fingerprint density at radius 3 is 2.69 bits per heavy atom. The highest BCUT2D eigenvalue weighted by molar-refractivity contribution is 5.79. The van der Waals surface area contributed by atoms with Gasteiger partial charge in [-0.3, -0.25) is 0 Å². The molecule has 0 spiro atoms. The molecule has 1 aliphatic rings. The van der Waals surface area contributed by atoms with Gasteiger partial charge in [0.1, 0.15) is 18.1 Å². The fourth-order valence-corrected chi connectivity index (χ4v) is 1.87. The van der Waals surface area contributed by atoms with Crippen LogP contribution in [0, 0.1) is 5.82 Å². The predicted octanol–water partition coefficient (Wildman–Crippen LogP) is 3.39. The van der Waals surface area contributed by atoms with Crippen LogP contribution in [0.2, 0.25) is 0 Å². The van der Waals surface area contributed by atoms with Crippen molar-refractivity contribution in [3.8, 4) is 0 Å². The Labute approximate surface area is 95.1 Å². The van der Waals surface area contributed by atoms with Gasteiger partial charge in [-0.1, -0.05) is 23.7 Å². The maximum atomic E-state index is 13.2. The fourth-order valence-electron chi connectivity index (χ4n) is 1.87. The van der Waals surface area contributed by atoms with Gasteiger partial charge in [-0.2, -0.15) is 0 Å². The minimum Gasteiger partial charge on any atom is -0.392 e. The molecule has 0 aromatic heterocycles. The summed E-state index contributed by atoms with van der Waals surface area (Å²) in [6.07, 6.45) is 8.53. The molecule has 0 saturated heterocycles. The Balaban J connectivity index is 1.87. The van der Waals surface area contributed by atoms with Crippen molar-refractivity contribution >= 4 is 6.21 Å². The van der Waals surface area contributed by atoms with Crippen molar-refractivity contribution in [1.82, 2.24) is 0 Å². The van der Waals surface area contributed by atoms with E-state index in [9.17, 15) is 4.39 Å². The van der Waals surface area contributed by atoms with E-state index >= 15 is 0 Å². The SMILES string of the molecule is Fc1ccccc1/[C]=N/OC1CCCCC1. The van der Waals surface area contributed by atoms with Gasteiger partial charge in [0, 0.05) is 5.56 Å². The summed E-state index contributed by atoms with van der Waals surface area (Å²) >= 11 is 0. The second kappa shape index (κ2) is 5.64. The lowest BCUT2D eigenvalue weighted by molar-refractivity contribution is 0.0340. The van der Waals surface area contributed by atoms with Gasteiger partial charge in [0.2, 0.25) is 0 Å². The summed E-state index contributed by atoms with van der Waals surface area (Å²) in [5.74, 6) is -0.321. The van der Waals surface area contributed by atoms with Gasteiger partial charge in [-0.25, -0.2) is 4.39 Å². The number of halogens is 1. The van der Waals surface area contributed by atoms with Crippen LogP contribution in [-0.4, -0.2) is 12.3 Å². The number of benzene rings is 1. The monoisotopic (exact) mass is 220 g/mol. The molecule has 1 fully saturated rings. The lowest BCUT2D eigenvalue weighted by atomic mass is 9.98. The second-order valence-electron chi connectivity index (χ2n) is 4.05. The molecule has 0 unspecified atom stereocenters. The van der Waals surface area contributed by atoms with E-state index in [-0.39, 0.29) is 11.9 Å². The van der Waals surface area contributed by atoms with Crippen molar-refractivity contribution in [3.63, 3.8) is 0 Å². The van der Waals surface area contributed by atoms with Crippen LogP contribution in [-0.2, 0) is 4.84 Å². The summed E-state index contributed by atoms with van der Waals surface area (Å²) in [5, 5.41) is 3.74. The summed E-state index contributed by atoms with van der Waals surface area (Å²) in [7, 11) is 0. The van der Waals surface area contributed by atoms with E-state index in [2.05, 4.69) is 11.4 Å². The Kier molecular flexibility index (Phi) is 3.91. The minimum atomic E-state index is -0.321. The molecule has 1 aliphatic carbocycles. The standard InChI is InChI=1S/C13H15FNO/c14-13-9-5-4-6-11(13)10-15-16-12-7-2-1-3-8-12/h4-6,9,12H,1-3,7-8H2. The molecule has 2 nitrogen and oxygen atoms in total. The molecule has 1 radical (unpaired) electrons. The summed E-state index contributed by atoms with van der Waals surface area (Å²) in [4.78, 5) is 5.29. The normalized spacial score (nSPS) is 17.8. The Hall–Kier alpha value is -1.38. The predicted molar refractivity (Wildman–Crippen MR) is 60.9 cm³/mol. The van der Waals surface area contributed by atoms with Crippen molar-refractivity contribution in [2.24, 2.45) is 5.16 Å². The fraction of sp³-hybridized carbons (Fsp3) is 0.462. The lowest BCUT2D eigenvalue weighted by Gasteiger charge is -2.18. The molecule has 0 heterocycles. The summed E-state index contributed by atoms with van der Waals surface area (Å²) < 4.78 is 13.2. The summed E-state index contributed by atoms with van der Waals surface area (Å²) in [6, 6.07) is 6.41. The second-order valence-corrected chi connectivity index (χ2v) is 4.05. The zero-order chi connectivity index (χ0) is 11.2. The first-order valence-electron chi connectivity index (χ1n) is 5.72. The van der Waals surface area contributed by atoms with Gasteiger partial charge in [0.15, 0.2) is 0 Å². The average Bonchev–Trinajstić information content (AvgIpc) is 2.33.